The second-order valence-electron chi connectivity index (χ2n) is 6.47. The van der Waals surface area contributed by atoms with Gasteiger partial charge in [0, 0.05) is 0 Å². The fraction of sp³-hybridized carbons (Fsp3) is 0.562. The van der Waals surface area contributed by atoms with E-state index in [1.807, 2.05) is 22.9 Å². The van der Waals surface area contributed by atoms with Crippen molar-refractivity contribution in [2.45, 2.75) is 20.0 Å². The van der Waals surface area contributed by atoms with Gasteiger partial charge in [-0.15, -0.1) is 5.10 Å². The van der Waals surface area contributed by atoms with Gasteiger partial charge in [0.05, 0.1) is 13.1 Å². The van der Waals surface area contributed by atoms with Crippen molar-refractivity contribution in [1.29, 1.82) is 0 Å². The van der Waals surface area contributed by atoms with Gasteiger partial charge in [-0.1, -0.05) is 6.07 Å². The lowest BCUT2D eigenvalue weighted by Crippen LogP contribution is -3.27. The average molecular weight is 332 g/mol. The number of piperazine rings is 1. The van der Waals surface area contributed by atoms with Gasteiger partial charge in [0.1, 0.15) is 32.7 Å². The molecule has 128 valence electrons. The summed E-state index contributed by atoms with van der Waals surface area (Å²) in [6.45, 7) is 10.1. The molecule has 0 amide bonds. The van der Waals surface area contributed by atoms with Gasteiger partial charge in [0.25, 0.3) is 0 Å². The molecule has 2 aliphatic rings. The molecule has 1 aromatic heterocycles. The SMILES string of the molecule is CC[NH+]1CC[NH+](Cc2nnnn2Cc2ccc3c(c2)OCO3)CC1. The van der Waals surface area contributed by atoms with Gasteiger partial charge in [-0.2, -0.15) is 0 Å². The molecule has 4 rings (SSSR count). The van der Waals surface area contributed by atoms with Crippen molar-refractivity contribution >= 4 is 0 Å². The highest BCUT2D eigenvalue weighted by atomic mass is 16.7. The van der Waals surface area contributed by atoms with Crippen molar-refractivity contribution in [2.75, 3.05) is 39.5 Å². The Morgan fingerprint density at radius 1 is 1.08 bits per heavy atom. The molecular formula is C16H24N6O2+2. The minimum atomic E-state index is 0.296. The molecule has 0 unspecified atom stereocenters. The zero-order chi connectivity index (χ0) is 16.4. The van der Waals surface area contributed by atoms with Crippen LogP contribution in [-0.4, -0.2) is 59.7 Å². The number of nitrogens with zero attached hydrogens (tertiary/aromatic N) is 4. The Balaban J connectivity index is 1.41. The van der Waals surface area contributed by atoms with Crippen LogP contribution in [0.3, 0.4) is 0 Å². The Labute approximate surface area is 140 Å². The number of benzene rings is 1. The van der Waals surface area contributed by atoms with Crippen LogP contribution in [0.4, 0.5) is 0 Å². The Morgan fingerprint density at radius 3 is 2.71 bits per heavy atom. The summed E-state index contributed by atoms with van der Waals surface area (Å²) in [6, 6.07) is 5.99. The number of nitrogens with one attached hydrogen (secondary N) is 2. The van der Waals surface area contributed by atoms with E-state index >= 15 is 0 Å². The first-order chi connectivity index (χ1) is 11.8. The van der Waals surface area contributed by atoms with Crippen LogP contribution < -0.4 is 19.3 Å². The molecule has 0 bridgehead atoms. The third kappa shape index (κ3) is 3.20. The van der Waals surface area contributed by atoms with Gasteiger partial charge in [-0.25, -0.2) is 4.68 Å². The Hall–Kier alpha value is -2.19. The molecule has 1 aromatic carbocycles. The summed E-state index contributed by atoms with van der Waals surface area (Å²) in [5.74, 6) is 2.55. The standard InChI is InChI=1S/C16H22N6O2/c1-2-20-5-7-21(8-6-20)11-16-17-18-19-22(16)10-13-3-4-14-15(9-13)24-12-23-14/h3-4,9H,2,5-8,10-12H2,1H3/p+2. The van der Waals surface area contributed by atoms with E-state index in [4.69, 9.17) is 9.47 Å². The molecule has 3 heterocycles. The predicted octanol–water partition coefficient (Wildman–Crippen LogP) is -2.25. The Bertz CT molecular complexity index is 696. The van der Waals surface area contributed by atoms with Gasteiger partial charge in [-0.3, -0.25) is 0 Å². The normalized spacial score (nSPS) is 22.7. The van der Waals surface area contributed by atoms with Gasteiger partial charge in [0.15, 0.2) is 11.5 Å². The van der Waals surface area contributed by atoms with Crippen LogP contribution in [0.1, 0.15) is 18.3 Å². The lowest BCUT2D eigenvalue weighted by molar-refractivity contribution is -1.02. The number of tetrazole rings is 1. The van der Waals surface area contributed by atoms with Crippen molar-refractivity contribution in [3.8, 4) is 11.5 Å². The maximum Gasteiger partial charge on any atom is 0.231 e. The average Bonchev–Trinajstić information content (AvgIpc) is 3.25. The Kier molecular flexibility index (Phi) is 4.31. The molecule has 24 heavy (non-hydrogen) atoms. The molecule has 2 aliphatic heterocycles. The van der Waals surface area contributed by atoms with E-state index in [-0.39, 0.29) is 0 Å². The predicted molar refractivity (Wildman–Crippen MR) is 85.1 cm³/mol. The molecule has 0 spiro atoms. The van der Waals surface area contributed by atoms with Crippen molar-refractivity contribution in [3.63, 3.8) is 0 Å². The maximum absolute atomic E-state index is 5.44. The van der Waals surface area contributed by atoms with Crippen LogP contribution in [-0.2, 0) is 13.1 Å². The van der Waals surface area contributed by atoms with Gasteiger partial charge in [-0.05, 0) is 35.0 Å². The van der Waals surface area contributed by atoms with E-state index in [9.17, 15) is 0 Å². The first kappa shape index (κ1) is 15.3. The third-order valence-corrected chi connectivity index (χ3v) is 4.95. The molecule has 2 aromatic rings. The number of ether oxygens (including phenoxy) is 2. The first-order valence-electron chi connectivity index (χ1n) is 8.62. The summed E-state index contributed by atoms with van der Waals surface area (Å²) in [4.78, 5) is 3.26. The quantitative estimate of drug-likeness (QED) is 0.648. The van der Waals surface area contributed by atoms with E-state index in [2.05, 4.69) is 22.4 Å². The van der Waals surface area contributed by atoms with Crippen LogP contribution >= 0.6 is 0 Å². The third-order valence-electron chi connectivity index (χ3n) is 4.95. The fourth-order valence-corrected chi connectivity index (χ4v) is 3.40. The number of fused-ring (bicyclic) bond motifs is 1. The molecule has 1 saturated heterocycles. The van der Waals surface area contributed by atoms with E-state index in [0.29, 0.717) is 13.3 Å². The van der Waals surface area contributed by atoms with Crippen LogP contribution in [0, 0.1) is 0 Å². The van der Waals surface area contributed by atoms with Gasteiger partial charge >= 0.3 is 0 Å². The summed E-state index contributed by atoms with van der Waals surface area (Å²) >= 11 is 0. The molecular weight excluding hydrogens is 308 g/mol. The highest BCUT2D eigenvalue weighted by molar-refractivity contribution is 5.44. The zero-order valence-corrected chi connectivity index (χ0v) is 14.0. The topological polar surface area (TPSA) is 70.9 Å². The lowest BCUT2D eigenvalue weighted by atomic mass is 10.2. The van der Waals surface area contributed by atoms with E-state index in [1.165, 1.54) is 32.7 Å². The molecule has 0 atom stereocenters. The minimum Gasteiger partial charge on any atom is -0.454 e. The van der Waals surface area contributed by atoms with E-state index < -0.39 is 0 Å². The number of rotatable bonds is 5. The summed E-state index contributed by atoms with van der Waals surface area (Å²) in [5.41, 5.74) is 1.11. The lowest BCUT2D eigenvalue weighted by Gasteiger charge is -2.28. The van der Waals surface area contributed by atoms with Crippen molar-refractivity contribution in [2.24, 2.45) is 0 Å². The smallest absolute Gasteiger partial charge is 0.231 e. The highest BCUT2D eigenvalue weighted by Crippen LogP contribution is 2.32. The number of aromatic nitrogens is 4. The van der Waals surface area contributed by atoms with E-state index in [0.717, 1.165) is 29.4 Å². The highest BCUT2D eigenvalue weighted by Gasteiger charge is 2.24. The van der Waals surface area contributed by atoms with Crippen LogP contribution in [0.5, 0.6) is 11.5 Å². The second-order valence-corrected chi connectivity index (χ2v) is 6.47. The summed E-state index contributed by atoms with van der Waals surface area (Å²) in [5, 5.41) is 12.3. The van der Waals surface area contributed by atoms with Crippen LogP contribution in [0.25, 0.3) is 0 Å². The largest absolute Gasteiger partial charge is 0.454 e. The van der Waals surface area contributed by atoms with Crippen molar-refractivity contribution in [3.05, 3.63) is 29.6 Å². The molecule has 1 fully saturated rings. The molecule has 0 radical (unpaired) electrons. The summed E-state index contributed by atoms with van der Waals surface area (Å²) in [6.07, 6.45) is 0. The Morgan fingerprint density at radius 2 is 1.88 bits per heavy atom. The summed E-state index contributed by atoms with van der Waals surface area (Å²) in [7, 11) is 0. The van der Waals surface area contributed by atoms with Gasteiger partial charge in [0.2, 0.25) is 12.6 Å². The number of quaternary nitrogens is 2. The number of hydrogen-bond acceptors (Lipinski definition) is 5. The molecule has 8 nitrogen and oxygen atoms in total. The number of likely N-dealkylation sites (N-methyl/N-ethyl adjacent to an activating group) is 1. The zero-order valence-electron chi connectivity index (χ0n) is 14.0. The van der Waals surface area contributed by atoms with Crippen molar-refractivity contribution in [1.82, 2.24) is 20.2 Å². The molecule has 8 heteroatoms. The molecule has 0 aliphatic carbocycles. The van der Waals surface area contributed by atoms with Crippen LogP contribution in [0.2, 0.25) is 0 Å². The second kappa shape index (κ2) is 6.74. The van der Waals surface area contributed by atoms with Crippen molar-refractivity contribution < 1.29 is 19.3 Å². The summed E-state index contributed by atoms with van der Waals surface area (Å²) < 4.78 is 12.7. The molecule has 0 saturated carbocycles. The minimum absolute atomic E-state index is 0.296. The van der Waals surface area contributed by atoms with E-state index in [1.54, 1.807) is 9.80 Å². The maximum atomic E-state index is 5.44. The van der Waals surface area contributed by atoms with Crippen LogP contribution in [0.15, 0.2) is 18.2 Å². The first-order valence-corrected chi connectivity index (χ1v) is 8.62. The molecule has 2 N–H and O–H groups in total. The van der Waals surface area contributed by atoms with Gasteiger partial charge < -0.3 is 19.3 Å². The fourth-order valence-electron chi connectivity index (χ4n) is 3.40. The monoisotopic (exact) mass is 332 g/mol. The number of hydrogen-bond donors (Lipinski definition) is 2.